The lowest BCUT2D eigenvalue weighted by molar-refractivity contribution is 0.0641. The molecule has 1 amide bonds. The van der Waals surface area contributed by atoms with Gasteiger partial charge in [0.1, 0.15) is 0 Å². The zero-order valence-electron chi connectivity index (χ0n) is 15.1. The van der Waals surface area contributed by atoms with Gasteiger partial charge in [-0.2, -0.15) is 0 Å². The van der Waals surface area contributed by atoms with E-state index >= 15 is 0 Å². The molecule has 1 atom stereocenters. The fourth-order valence-corrected chi connectivity index (χ4v) is 4.59. The van der Waals surface area contributed by atoms with Gasteiger partial charge < -0.3 is 9.64 Å². The smallest absolute Gasteiger partial charge is 0.263 e. The summed E-state index contributed by atoms with van der Waals surface area (Å²) >= 11 is 3.13. The van der Waals surface area contributed by atoms with Crippen molar-refractivity contribution in [2.45, 2.75) is 24.3 Å². The Kier molecular flexibility index (Phi) is 6.51. The molecule has 4 nitrogen and oxygen atoms in total. The molecule has 0 N–H and O–H groups in total. The normalized spacial score (nSPS) is 17.3. The van der Waals surface area contributed by atoms with Gasteiger partial charge in [-0.15, -0.1) is 23.1 Å². The zero-order chi connectivity index (χ0) is 18.5. The first-order valence-corrected chi connectivity index (χ1v) is 10.7. The highest BCUT2D eigenvalue weighted by Gasteiger charge is 2.30. The minimum Gasteiger partial charge on any atom is -0.379 e. The molecule has 1 aliphatic heterocycles. The van der Waals surface area contributed by atoms with Gasteiger partial charge in [-0.1, -0.05) is 12.1 Å². The molecular weight excluding hydrogens is 366 g/mol. The van der Waals surface area contributed by atoms with Crippen LogP contribution in [-0.2, 0) is 11.3 Å². The second kappa shape index (κ2) is 8.84. The van der Waals surface area contributed by atoms with E-state index in [9.17, 15) is 9.59 Å². The van der Waals surface area contributed by atoms with Gasteiger partial charge >= 0.3 is 0 Å². The fourth-order valence-electron chi connectivity index (χ4n) is 3.24. The minimum absolute atomic E-state index is 0.0209. The summed E-state index contributed by atoms with van der Waals surface area (Å²) in [6.45, 7) is 1.73. The molecular formula is C20H23NO3S2. The van der Waals surface area contributed by atoms with E-state index in [4.69, 9.17) is 4.74 Å². The number of likely N-dealkylation sites (tertiary alicyclic amines) is 1. The molecule has 0 saturated carbocycles. The van der Waals surface area contributed by atoms with E-state index in [1.165, 1.54) is 11.3 Å². The first kappa shape index (κ1) is 19.1. The van der Waals surface area contributed by atoms with Crippen LogP contribution >= 0.6 is 23.1 Å². The van der Waals surface area contributed by atoms with Gasteiger partial charge in [-0.3, -0.25) is 9.59 Å². The van der Waals surface area contributed by atoms with Crippen molar-refractivity contribution in [3.63, 3.8) is 0 Å². The Bertz CT molecular complexity index is 770. The summed E-state index contributed by atoms with van der Waals surface area (Å²) in [6.07, 6.45) is 3.72. The van der Waals surface area contributed by atoms with Crippen LogP contribution in [-0.4, -0.2) is 43.0 Å². The third-order valence-corrected chi connectivity index (χ3v) is 6.40. The summed E-state index contributed by atoms with van der Waals surface area (Å²) in [5.41, 5.74) is 0.737. The van der Waals surface area contributed by atoms with E-state index in [0.717, 1.165) is 33.1 Å². The number of ketones is 1. The molecule has 1 fully saturated rings. The van der Waals surface area contributed by atoms with Crippen LogP contribution in [0.2, 0.25) is 0 Å². The molecule has 6 heteroatoms. The number of thiophene rings is 1. The van der Waals surface area contributed by atoms with E-state index < -0.39 is 0 Å². The number of carbonyl (C=O) groups is 2. The van der Waals surface area contributed by atoms with Gasteiger partial charge in [-0.05, 0) is 43.4 Å². The summed E-state index contributed by atoms with van der Waals surface area (Å²) in [7, 11) is 1.65. The molecule has 0 aliphatic carbocycles. The number of amides is 1. The molecule has 0 radical (unpaired) electrons. The van der Waals surface area contributed by atoms with Crippen molar-refractivity contribution < 1.29 is 14.3 Å². The Morgan fingerprint density at radius 1 is 1.23 bits per heavy atom. The molecule has 1 aromatic heterocycles. The molecule has 2 aromatic rings. The van der Waals surface area contributed by atoms with Crippen LogP contribution in [0.25, 0.3) is 0 Å². The van der Waals surface area contributed by atoms with Gasteiger partial charge in [0, 0.05) is 41.5 Å². The highest BCUT2D eigenvalue weighted by molar-refractivity contribution is 7.98. The summed E-state index contributed by atoms with van der Waals surface area (Å²) in [4.78, 5) is 30.3. The van der Waals surface area contributed by atoms with E-state index in [0.29, 0.717) is 19.7 Å². The van der Waals surface area contributed by atoms with Crippen molar-refractivity contribution in [1.29, 1.82) is 0 Å². The molecule has 1 saturated heterocycles. The first-order chi connectivity index (χ1) is 12.6. The third kappa shape index (κ3) is 4.37. The van der Waals surface area contributed by atoms with Crippen molar-refractivity contribution in [3.05, 3.63) is 51.7 Å². The van der Waals surface area contributed by atoms with E-state index in [-0.39, 0.29) is 17.6 Å². The Hall–Kier alpha value is -1.63. The van der Waals surface area contributed by atoms with Gasteiger partial charge in [0.15, 0.2) is 5.78 Å². The van der Waals surface area contributed by atoms with Crippen LogP contribution in [0.1, 0.15) is 37.7 Å². The molecule has 0 bridgehead atoms. The number of Topliss-reactive ketones (excluding diaryl/α,β-unsaturated/α-hetero) is 1. The number of piperidine rings is 1. The number of methoxy groups -OCH3 is 1. The number of benzene rings is 1. The number of thioether (sulfide) groups is 1. The first-order valence-electron chi connectivity index (χ1n) is 8.67. The molecule has 26 heavy (non-hydrogen) atoms. The maximum absolute atomic E-state index is 12.8. The Balaban J connectivity index is 1.67. The number of hydrogen-bond acceptors (Lipinski definition) is 5. The van der Waals surface area contributed by atoms with E-state index in [1.54, 1.807) is 18.9 Å². The quantitative estimate of drug-likeness (QED) is 0.544. The van der Waals surface area contributed by atoms with E-state index in [1.807, 2.05) is 47.6 Å². The number of ether oxygens (including phenoxy) is 1. The fraction of sp³-hybridized carbons (Fsp3) is 0.400. The topological polar surface area (TPSA) is 46.6 Å². The van der Waals surface area contributed by atoms with Crippen LogP contribution < -0.4 is 0 Å². The SMILES string of the molecule is COCc1ccc(C(=O)N2CCC[C@@H](C(=O)c3ccc(SC)cc3)C2)s1. The predicted octanol–water partition coefficient (Wildman–Crippen LogP) is 4.35. The molecule has 1 aromatic carbocycles. The highest BCUT2D eigenvalue weighted by atomic mass is 32.2. The van der Waals surface area contributed by atoms with Gasteiger partial charge in [0.05, 0.1) is 11.5 Å². The minimum atomic E-state index is -0.119. The van der Waals surface area contributed by atoms with Crippen molar-refractivity contribution in [2.75, 3.05) is 26.5 Å². The molecule has 0 spiro atoms. The number of nitrogens with zero attached hydrogens (tertiary/aromatic N) is 1. The van der Waals surface area contributed by atoms with Crippen molar-refractivity contribution in [2.24, 2.45) is 5.92 Å². The monoisotopic (exact) mass is 389 g/mol. The van der Waals surface area contributed by atoms with Crippen LogP contribution in [0.4, 0.5) is 0 Å². The number of carbonyl (C=O) groups excluding carboxylic acids is 2. The van der Waals surface area contributed by atoms with Gasteiger partial charge in [0.2, 0.25) is 0 Å². The lowest BCUT2D eigenvalue weighted by Gasteiger charge is -2.31. The number of hydrogen-bond donors (Lipinski definition) is 0. The standard InChI is InChI=1S/C20H23NO3S2/c1-24-13-17-9-10-18(26-17)20(23)21-11-3-4-15(12-21)19(22)14-5-7-16(25-2)8-6-14/h5-10,15H,3-4,11-13H2,1-2H3/t15-/m1/s1. The maximum atomic E-state index is 12.8. The summed E-state index contributed by atoms with van der Waals surface area (Å²) in [6, 6.07) is 11.5. The Morgan fingerprint density at radius 2 is 2.00 bits per heavy atom. The molecule has 138 valence electrons. The maximum Gasteiger partial charge on any atom is 0.263 e. The second-order valence-electron chi connectivity index (χ2n) is 6.38. The zero-order valence-corrected chi connectivity index (χ0v) is 16.7. The van der Waals surface area contributed by atoms with Crippen LogP contribution in [0, 0.1) is 5.92 Å². The molecule has 0 unspecified atom stereocenters. The largest absolute Gasteiger partial charge is 0.379 e. The van der Waals surface area contributed by atoms with Gasteiger partial charge in [0.25, 0.3) is 5.91 Å². The second-order valence-corrected chi connectivity index (χ2v) is 8.43. The predicted molar refractivity (Wildman–Crippen MR) is 106 cm³/mol. The summed E-state index contributed by atoms with van der Waals surface area (Å²) in [5.74, 6) is 0.0419. The lowest BCUT2D eigenvalue weighted by Crippen LogP contribution is -2.42. The van der Waals surface area contributed by atoms with E-state index in [2.05, 4.69) is 0 Å². The summed E-state index contributed by atoms with van der Waals surface area (Å²) < 4.78 is 5.12. The van der Waals surface area contributed by atoms with Crippen molar-refractivity contribution in [3.8, 4) is 0 Å². The molecule has 2 heterocycles. The van der Waals surface area contributed by atoms with Crippen LogP contribution in [0.3, 0.4) is 0 Å². The van der Waals surface area contributed by atoms with Crippen molar-refractivity contribution >= 4 is 34.8 Å². The Morgan fingerprint density at radius 3 is 2.69 bits per heavy atom. The molecule has 3 rings (SSSR count). The van der Waals surface area contributed by atoms with Crippen LogP contribution in [0.15, 0.2) is 41.3 Å². The molecule has 1 aliphatic rings. The van der Waals surface area contributed by atoms with Gasteiger partial charge in [-0.25, -0.2) is 0 Å². The lowest BCUT2D eigenvalue weighted by atomic mass is 9.90. The average Bonchev–Trinajstić information content (AvgIpc) is 3.16. The van der Waals surface area contributed by atoms with Crippen LogP contribution in [0.5, 0.6) is 0 Å². The number of rotatable bonds is 6. The summed E-state index contributed by atoms with van der Waals surface area (Å²) in [5, 5.41) is 0. The van der Waals surface area contributed by atoms with Crippen molar-refractivity contribution in [1.82, 2.24) is 4.90 Å². The highest BCUT2D eigenvalue weighted by Crippen LogP contribution is 2.26. The Labute approximate surface area is 162 Å². The average molecular weight is 390 g/mol. The third-order valence-electron chi connectivity index (χ3n) is 4.61.